The molecule has 0 aliphatic carbocycles. The number of anilines is 1. The predicted molar refractivity (Wildman–Crippen MR) is 83.2 cm³/mol. The molecule has 1 aromatic heterocycles. The number of nitrogens with zero attached hydrogens (tertiary/aromatic N) is 3. The SMILES string of the molecule is NCc1cc(N2CCC(N3CCCCC3)C2)ncc1Cl. The first kappa shape index (κ1) is 14.1. The van der Waals surface area contributed by atoms with Crippen LogP contribution >= 0.6 is 11.6 Å². The van der Waals surface area contributed by atoms with Crippen molar-refractivity contribution >= 4 is 17.4 Å². The van der Waals surface area contributed by atoms with Gasteiger partial charge in [0.15, 0.2) is 0 Å². The van der Waals surface area contributed by atoms with E-state index in [1.54, 1.807) is 6.20 Å². The number of hydrogen-bond donors (Lipinski definition) is 1. The highest BCUT2D eigenvalue weighted by Gasteiger charge is 2.29. The molecule has 0 aromatic carbocycles. The van der Waals surface area contributed by atoms with E-state index in [1.165, 1.54) is 38.8 Å². The van der Waals surface area contributed by atoms with Crippen molar-refractivity contribution in [1.29, 1.82) is 0 Å². The molecule has 4 nitrogen and oxygen atoms in total. The van der Waals surface area contributed by atoms with E-state index in [1.807, 2.05) is 6.07 Å². The third kappa shape index (κ3) is 2.92. The topological polar surface area (TPSA) is 45.4 Å². The van der Waals surface area contributed by atoms with Crippen molar-refractivity contribution in [3.05, 3.63) is 22.8 Å². The number of pyridine rings is 1. The van der Waals surface area contributed by atoms with Gasteiger partial charge in [0.25, 0.3) is 0 Å². The van der Waals surface area contributed by atoms with E-state index in [4.69, 9.17) is 17.3 Å². The summed E-state index contributed by atoms with van der Waals surface area (Å²) >= 11 is 6.08. The molecule has 2 aliphatic rings. The average molecular weight is 295 g/mol. The van der Waals surface area contributed by atoms with E-state index >= 15 is 0 Å². The van der Waals surface area contributed by atoms with E-state index < -0.39 is 0 Å². The lowest BCUT2D eigenvalue weighted by Gasteiger charge is -2.32. The van der Waals surface area contributed by atoms with Crippen molar-refractivity contribution in [2.24, 2.45) is 5.73 Å². The maximum atomic E-state index is 6.08. The Labute approximate surface area is 125 Å². The van der Waals surface area contributed by atoms with Gasteiger partial charge in [-0.15, -0.1) is 0 Å². The number of likely N-dealkylation sites (tertiary alicyclic amines) is 1. The fraction of sp³-hybridized carbons (Fsp3) is 0.667. The van der Waals surface area contributed by atoms with E-state index in [2.05, 4.69) is 14.8 Å². The standard InChI is InChI=1S/C15H23ClN4/c16-14-10-18-15(8-12(14)9-17)20-7-4-13(11-20)19-5-2-1-3-6-19/h8,10,13H,1-7,9,11,17H2. The van der Waals surface area contributed by atoms with Crippen LogP contribution in [0.15, 0.2) is 12.3 Å². The van der Waals surface area contributed by atoms with Crippen molar-refractivity contribution in [2.75, 3.05) is 31.1 Å². The minimum atomic E-state index is 0.470. The third-order valence-corrected chi connectivity index (χ3v) is 4.87. The number of piperidine rings is 1. The summed E-state index contributed by atoms with van der Waals surface area (Å²) < 4.78 is 0. The molecule has 0 spiro atoms. The second-order valence-corrected chi connectivity index (χ2v) is 6.23. The summed E-state index contributed by atoms with van der Waals surface area (Å²) in [4.78, 5) is 9.49. The van der Waals surface area contributed by atoms with E-state index in [0.717, 1.165) is 24.5 Å². The second kappa shape index (κ2) is 6.29. The monoisotopic (exact) mass is 294 g/mol. The van der Waals surface area contributed by atoms with Gasteiger partial charge in [0.2, 0.25) is 0 Å². The minimum absolute atomic E-state index is 0.470. The van der Waals surface area contributed by atoms with Gasteiger partial charge in [0, 0.05) is 31.9 Å². The molecule has 0 saturated carbocycles. The molecule has 3 rings (SSSR count). The Morgan fingerprint density at radius 1 is 1.25 bits per heavy atom. The molecule has 1 atom stereocenters. The molecular formula is C15H23ClN4. The van der Waals surface area contributed by atoms with Gasteiger partial charge in [-0.3, -0.25) is 4.90 Å². The van der Waals surface area contributed by atoms with Crippen molar-refractivity contribution < 1.29 is 0 Å². The van der Waals surface area contributed by atoms with Crippen LogP contribution in [0.5, 0.6) is 0 Å². The summed E-state index contributed by atoms with van der Waals surface area (Å²) in [6.45, 7) is 5.16. The maximum Gasteiger partial charge on any atom is 0.128 e. The lowest BCUT2D eigenvalue weighted by atomic mass is 10.1. The summed E-state index contributed by atoms with van der Waals surface area (Å²) in [5, 5.41) is 0.669. The smallest absolute Gasteiger partial charge is 0.128 e. The number of nitrogens with two attached hydrogens (primary N) is 1. The van der Waals surface area contributed by atoms with Gasteiger partial charge in [0.1, 0.15) is 5.82 Å². The molecular weight excluding hydrogens is 272 g/mol. The summed E-state index contributed by atoms with van der Waals surface area (Å²) in [5.41, 5.74) is 6.71. The zero-order chi connectivity index (χ0) is 13.9. The number of halogens is 1. The molecule has 3 heterocycles. The largest absolute Gasteiger partial charge is 0.355 e. The van der Waals surface area contributed by atoms with Crippen molar-refractivity contribution in [1.82, 2.24) is 9.88 Å². The predicted octanol–water partition coefficient (Wildman–Crippen LogP) is 2.26. The van der Waals surface area contributed by atoms with Gasteiger partial charge >= 0.3 is 0 Å². The van der Waals surface area contributed by atoms with E-state index in [9.17, 15) is 0 Å². The summed E-state index contributed by atoms with van der Waals surface area (Å²) in [6, 6.07) is 2.73. The summed E-state index contributed by atoms with van der Waals surface area (Å²) in [6.07, 6.45) is 7.07. The summed E-state index contributed by atoms with van der Waals surface area (Å²) in [5.74, 6) is 1.02. The molecule has 20 heavy (non-hydrogen) atoms. The molecule has 2 aliphatic heterocycles. The van der Waals surface area contributed by atoms with Crippen LogP contribution in [0, 0.1) is 0 Å². The lowest BCUT2D eigenvalue weighted by molar-refractivity contribution is 0.175. The van der Waals surface area contributed by atoms with E-state index in [0.29, 0.717) is 17.6 Å². The first-order valence-corrected chi connectivity index (χ1v) is 7.99. The minimum Gasteiger partial charge on any atom is -0.355 e. The van der Waals surface area contributed by atoms with Gasteiger partial charge in [-0.1, -0.05) is 18.0 Å². The first-order chi connectivity index (χ1) is 9.78. The fourth-order valence-electron chi connectivity index (χ4n) is 3.33. The van der Waals surface area contributed by atoms with Gasteiger partial charge in [-0.2, -0.15) is 0 Å². The van der Waals surface area contributed by atoms with Gasteiger partial charge in [-0.25, -0.2) is 4.98 Å². The van der Waals surface area contributed by atoms with Crippen LogP contribution in [-0.2, 0) is 6.54 Å². The highest BCUT2D eigenvalue weighted by Crippen LogP contribution is 2.26. The molecule has 0 radical (unpaired) electrons. The number of aromatic nitrogens is 1. The van der Waals surface area contributed by atoms with E-state index in [-0.39, 0.29) is 0 Å². The molecule has 2 N–H and O–H groups in total. The molecule has 5 heteroatoms. The summed E-state index contributed by atoms with van der Waals surface area (Å²) in [7, 11) is 0. The van der Waals surface area contributed by atoms with Crippen LogP contribution in [-0.4, -0.2) is 42.1 Å². The van der Waals surface area contributed by atoms with Crippen LogP contribution < -0.4 is 10.6 Å². The maximum absolute atomic E-state index is 6.08. The van der Waals surface area contributed by atoms with Crippen LogP contribution in [0.2, 0.25) is 5.02 Å². The highest BCUT2D eigenvalue weighted by atomic mass is 35.5. The molecule has 2 saturated heterocycles. The third-order valence-electron chi connectivity index (χ3n) is 4.53. The normalized spacial score (nSPS) is 24.3. The van der Waals surface area contributed by atoms with Gasteiger partial charge in [-0.05, 0) is 44.0 Å². The first-order valence-electron chi connectivity index (χ1n) is 7.61. The van der Waals surface area contributed by atoms with Crippen LogP contribution in [0.25, 0.3) is 0 Å². The molecule has 110 valence electrons. The van der Waals surface area contributed by atoms with Crippen LogP contribution in [0.4, 0.5) is 5.82 Å². The molecule has 2 fully saturated rings. The Hall–Kier alpha value is -0.840. The Morgan fingerprint density at radius 2 is 2.05 bits per heavy atom. The van der Waals surface area contributed by atoms with Gasteiger partial charge in [0.05, 0.1) is 5.02 Å². The second-order valence-electron chi connectivity index (χ2n) is 5.82. The molecule has 0 bridgehead atoms. The quantitative estimate of drug-likeness (QED) is 0.929. The number of hydrogen-bond acceptors (Lipinski definition) is 4. The van der Waals surface area contributed by atoms with Crippen molar-refractivity contribution in [3.63, 3.8) is 0 Å². The van der Waals surface area contributed by atoms with Crippen molar-refractivity contribution in [2.45, 2.75) is 38.3 Å². The molecule has 1 aromatic rings. The fourth-order valence-corrected chi connectivity index (χ4v) is 3.51. The average Bonchev–Trinajstić information content (AvgIpc) is 2.98. The number of rotatable bonds is 3. The Morgan fingerprint density at radius 3 is 2.80 bits per heavy atom. The Bertz CT molecular complexity index is 459. The lowest BCUT2D eigenvalue weighted by Crippen LogP contribution is -2.40. The van der Waals surface area contributed by atoms with Crippen molar-refractivity contribution in [3.8, 4) is 0 Å². The molecule has 1 unspecified atom stereocenters. The zero-order valence-corrected chi connectivity index (χ0v) is 12.6. The van der Waals surface area contributed by atoms with Crippen LogP contribution in [0.3, 0.4) is 0 Å². The van der Waals surface area contributed by atoms with Crippen LogP contribution in [0.1, 0.15) is 31.2 Å². The molecule has 0 amide bonds. The Kier molecular flexibility index (Phi) is 4.44. The Balaban J connectivity index is 1.67. The van der Waals surface area contributed by atoms with Gasteiger partial charge < -0.3 is 10.6 Å². The highest BCUT2D eigenvalue weighted by molar-refractivity contribution is 6.31. The zero-order valence-electron chi connectivity index (χ0n) is 11.9.